The zero-order valence-corrected chi connectivity index (χ0v) is 17.5. The van der Waals surface area contributed by atoms with Crippen molar-refractivity contribution in [1.82, 2.24) is 4.90 Å². The van der Waals surface area contributed by atoms with E-state index in [2.05, 4.69) is 0 Å². The topological polar surface area (TPSA) is 54.5 Å². The third-order valence-electron chi connectivity index (χ3n) is 5.32. The average molecular weight is 444 g/mol. The largest absolute Gasteiger partial charge is 0.337 e. The highest BCUT2D eigenvalue weighted by molar-refractivity contribution is 7.92. The molecule has 1 saturated heterocycles. The van der Waals surface area contributed by atoms with E-state index in [-0.39, 0.29) is 23.2 Å². The molecule has 7 heteroatoms. The summed E-state index contributed by atoms with van der Waals surface area (Å²) in [5.41, 5.74) is 2.22. The van der Waals surface area contributed by atoms with Crippen LogP contribution in [0.3, 0.4) is 0 Å². The lowest BCUT2D eigenvalue weighted by molar-refractivity contribution is 0.0793. The zero-order valence-electron chi connectivity index (χ0n) is 16.0. The van der Waals surface area contributed by atoms with Crippen LogP contribution in [0.4, 0.5) is 4.39 Å². The Balaban J connectivity index is 1.47. The molecule has 4 rings (SSSR count). The van der Waals surface area contributed by atoms with Crippen LogP contribution in [-0.2, 0) is 9.84 Å². The molecule has 1 heterocycles. The molecule has 30 heavy (non-hydrogen) atoms. The van der Waals surface area contributed by atoms with Crippen LogP contribution in [0.5, 0.6) is 0 Å². The van der Waals surface area contributed by atoms with Gasteiger partial charge in [0.1, 0.15) is 5.82 Å². The SMILES string of the molecule is O=C(c1ccc(-c2ccc(F)cc2)cc1)N1CC[C@@H](S(=O)(=O)c2ccc(Cl)cc2)C1. The molecule has 1 aliphatic heterocycles. The second-order valence-electron chi connectivity index (χ2n) is 7.25. The van der Waals surface area contributed by atoms with Crippen LogP contribution >= 0.6 is 11.6 Å². The van der Waals surface area contributed by atoms with Crippen molar-refractivity contribution in [1.29, 1.82) is 0 Å². The van der Waals surface area contributed by atoms with Gasteiger partial charge in [-0.3, -0.25) is 4.79 Å². The maximum absolute atomic E-state index is 13.1. The predicted octanol–water partition coefficient (Wildman–Crippen LogP) is 4.83. The summed E-state index contributed by atoms with van der Waals surface area (Å²) < 4.78 is 38.8. The van der Waals surface area contributed by atoms with Crippen LogP contribution < -0.4 is 0 Å². The average Bonchev–Trinajstić information content (AvgIpc) is 3.25. The van der Waals surface area contributed by atoms with E-state index in [0.29, 0.717) is 23.6 Å². The molecule has 1 amide bonds. The van der Waals surface area contributed by atoms with Crippen molar-refractivity contribution in [2.75, 3.05) is 13.1 Å². The summed E-state index contributed by atoms with van der Waals surface area (Å²) in [6, 6.07) is 19.3. The van der Waals surface area contributed by atoms with Crippen molar-refractivity contribution in [3.8, 4) is 11.1 Å². The van der Waals surface area contributed by atoms with E-state index in [1.54, 1.807) is 53.4 Å². The predicted molar refractivity (Wildman–Crippen MR) is 115 cm³/mol. The summed E-state index contributed by atoms with van der Waals surface area (Å²) in [5, 5.41) is -0.164. The van der Waals surface area contributed by atoms with E-state index in [9.17, 15) is 17.6 Å². The van der Waals surface area contributed by atoms with Gasteiger partial charge in [0.15, 0.2) is 9.84 Å². The van der Waals surface area contributed by atoms with Crippen LogP contribution in [0.1, 0.15) is 16.8 Å². The fourth-order valence-corrected chi connectivity index (χ4v) is 5.43. The molecule has 3 aromatic rings. The summed E-state index contributed by atoms with van der Waals surface area (Å²) in [7, 11) is -3.53. The number of rotatable bonds is 4. The van der Waals surface area contributed by atoms with Crippen LogP contribution in [0.2, 0.25) is 5.02 Å². The molecule has 0 unspecified atom stereocenters. The van der Waals surface area contributed by atoms with Crippen LogP contribution in [0, 0.1) is 5.82 Å². The molecule has 1 fully saturated rings. The van der Waals surface area contributed by atoms with E-state index >= 15 is 0 Å². The van der Waals surface area contributed by atoms with Gasteiger partial charge in [-0.2, -0.15) is 0 Å². The molecule has 0 spiro atoms. The minimum atomic E-state index is -3.53. The highest BCUT2D eigenvalue weighted by Crippen LogP contribution is 2.27. The number of hydrogen-bond acceptors (Lipinski definition) is 3. The van der Waals surface area contributed by atoms with E-state index < -0.39 is 15.1 Å². The number of hydrogen-bond donors (Lipinski definition) is 0. The lowest BCUT2D eigenvalue weighted by atomic mass is 10.0. The fraction of sp³-hybridized carbons (Fsp3) is 0.174. The highest BCUT2D eigenvalue weighted by atomic mass is 35.5. The van der Waals surface area contributed by atoms with Gasteiger partial charge < -0.3 is 4.90 Å². The Labute approximate surface area is 179 Å². The van der Waals surface area contributed by atoms with Crippen molar-refractivity contribution in [3.05, 3.63) is 89.2 Å². The third-order valence-corrected chi connectivity index (χ3v) is 7.77. The van der Waals surface area contributed by atoms with E-state index in [0.717, 1.165) is 11.1 Å². The third kappa shape index (κ3) is 4.11. The smallest absolute Gasteiger partial charge is 0.253 e. The van der Waals surface area contributed by atoms with Gasteiger partial charge in [-0.25, -0.2) is 12.8 Å². The van der Waals surface area contributed by atoms with Crippen LogP contribution in [-0.4, -0.2) is 37.6 Å². The Morgan fingerprint density at radius 3 is 2.07 bits per heavy atom. The number of halogens is 2. The maximum atomic E-state index is 13.1. The molecule has 0 aromatic heterocycles. The summed E-state index contributed by atoms with van der Waals surface area (Å²) in [6.45, 7) is 0.541. The van der Waals surface area contributed by atoms with Gasteiger partial charge in [0.05, 0.1) is 10.1 Å². The monoisotopic (exact) mass is 443 g/mol. The normalized spacial score (nSPS) is 16.6. The van der Waals surface area contributed by atoms with Crippen LogP contribution in [0.25, 0.3) is 11.1 Å². The number of benzene rings is 3. The molecule has 0 N–H and O–H groups in total. The van der Waals surface area contributed by atoms with Crippen molar-refractivity contribution in [2.24, 2.45) is 0 Å². The summed E-state index contributed by atoms with van der Waals surface area (Å²) in [5.74, 6) is -0.503. The Morgan fingerprint density at radius 2 is 1.47 bits per heavy atom. The molecular weight excluding hydrogens is 425 g/mol. The Morgan fingerprint density at radius 1 is 0.900 bits per heavy atom. The first-order chi connectivity index (χ1) is 14.3. The highest BCUT2D eigenvalue weighted by Gasteiger charge is 2.36. The molecule has 0 aliphatic carbocycles. The van der Waals surface area contributed by atoms with Crippen molar-refractivity contribution >= 4 is 27.3 Å². The molecular formula is C23H19ClFNO3S. The molecule has 154 valence electrons. The second kappa shape index (κ2) is 8.20. The summed E-state index contributed by atoms with van der Waals surface area (Å²) in [6.07, 6.45) is 0.393. The summed E-state index contributed by atoms with van der Waals surface area (Å²) >= 11 is 5.85. The first-order valence-corrected chi connectivity index (χ1v) is 11.4. The van der Waals surface area contributed by atoms with Gasteiger partial charge in [0, 0.05) is 23.7 Å². The fourth-order valence-electron chi connectivity index (χ4n) is 3.61. The van der Waals surface area contributed by atoms with E-state index in [4.69, 9.17) is 11.6 Å². The second-order valence-corrected chi connectivity index (χ2v) is 9.91. The van der Waals surface area contributed by atoms with Crippen molar-refractivity contribution in [3.63, 3.8) is 0 Å². The van der Waals surface area contributed by atoms with Gasteiger partial charge in [-0.1, -0.05) is 35.9 Å². The molecule has 0 radical (unpaired) electrons. The minimum Gasteiger partial charge on any atom is -0.337 e. The molecule has 3 aromatic carbocycles. The summed E-state index contributed by atoms with van der Waals surface area (Å²) in [4.78, 5) is 14.6. The van der Waals surface area contributed by atoms with E-state index in [1.165, 1.54) is 24.3 Å². The number of amides is 1. The van der Waals surface area contributed by atoms with Crippen molar-refractivity contribution in [2.45, 2.75) is 16.6 Å². The van der Waals surface area contributed by atoms with Gasteiger partial charge in [0.2, 0.25) is 0 Å². The number of sulfone groups is 1. The first kappa shape index (κ1) is 20.6. The molecule has 0 bridgehead atoms. The Bertz CT molecular complexity index is 1160. The maximum Gasteiger partial charge on any atom is 0.253 e. The van der Waals surface area contributed by atoms with Crippen molar-refractivity contribution < 1.29 is 17.6 Å². The first-order valence-electron chi connectivity index (χ1n) is 9.49. The Hall–Kier alpha value is -2.70. The standard InChI is InChI=1S/C23H19ClFNO3S/c24-19-7-11-21(12-8-19)30(28,29)22-13-14-26(15-22)23(27)18-3-1-16(2-4-18)17-5-9-20(25)10-6-17/h1-12,22H,13-15H2/t22-/m1/s1. The number of carbonyl (C=O) groups excluding carboxylic acids is 1. The van der Waals surface area contributed by atoms with Gasteiger partial charge in [-0.05, 0) is 66.1 Å². The van der Waals surface area contributed by atoms with Gasteiger partial charge in [0.25, 0.3) is 5.91 Å². The van der Waals surface area contributed by atoms with Gasteiger partial charge in [-0.15, -0.1) is 0 Å². The minimum absolute atomic E-state index is 0.156. The lowest BCUT2D eigenvalue weighted by Crippen LogP contribution is -2.31. The lowest BCUT2D eigenvalue weighted by Gasteiger charge is -2.17. The number of nitrogens with zero attached hydrogens (tertiary/aromatic N) is 1. The molecule has 1 aliphatic rings. The molecule has 0 saturated carbocycles. The Kier molecular flexibility index (Phi) is 5.62. The number of carbonyl (C=O) groups is 1. The quantitative estimate of drug-likeness (QED) is 0.580. The number of likely N-dealkylation sites (tertiary alicyclic amines) is 1. The van der Waals surface area contributed by atoms with E-state index in [1.807, 2.05) is 0 Å². The van der Waals surface area contributed by atoms with Crippen LogP contribution in [0.15, 0.2) is 77.7 Å². The molecule has 1 atom stereocenters. The molecule has 4 nitrogen and oxygen atoms in total. The van der Waals surface area contributed by atoms with Gasteiger partial charge >= 0.3 is 0 Å². The zero-order chi connectivity index (χ0) is 21.3.